The summed E-state index contributed by atoms with van der Waals surface area (Å²) in [5, 5.41) is 6.18. The Kier molecular flexibility index (Phi) is 4.58. The van der Waals surface area contributed by atoms with Crippen molar-refractivity contribution in [3.05, 3.63) is 34.8 Å². The number of benzene rings is 1. The summed E-state index contributed by atoms with van der Waals surface area (Å²) in [6.45, 7) is 0.713. The quantitative estimate of drug-likeness (QED) is 0.698. The van der Waals surface area contributed by atoms with Crippen molar-refractivity contribution in [2.75, 3.05) is 24.6 Å². The molecule has 4 N–H and O–H groups in total. The van der Waals surface area contributed by atoms with Crippen LogP contribution in [-0.4, -0.2) is 27.0 Å². The van der Waals surface area contributed by atoms with Crippen molar-refractivity contribution in [1.29, 1.82) is 0 Å². The number of anilines is 2. The second-order valence-corrected chi connectivity index (χ2v) is 6.90. The molecule has 0 atom stereocenters. The van der Waals surface area contributed by atoms with Crippen LogP contribution < -0.4 is 15.8 Å². The van der Waals surface area contributed by atoms with Crippen LogP contribution in [0.4, 0.5) is 11.4 Å². The highest BCUT2D eigenvalue weighted by Gasteiger charge is 2.15. The molecule has 0 aliphatic carbocycles. The van der Waals surface area contributed by atoms with Gasteiger partial charge in [-0.25, -0.2) is 18.1 Å². The zero-order valence-electron chi connectivity index (χ0n) is 11.0. The number of nitrogen functional groups attached to an aromatic ring is 1. The van der Waals surface area contributed by atoms with E-state index in [1.165, 1.54) is 13.1 Å². The van der Waals surface area contributed by atoms with E-state index < -0.39 is 10.0 Å². The van der Waals surface area contributed by atoms with Gasteiger partial charge in [0.1, 0.15) is 4.90 Å². The molecule has 1 aromatic heterocycles. The van der Waals surface area contributed by atoms with Gasteiger partial charge in [0, 0.05) is 30.2 Å². The lowest BCUT2D eigenvalue weighted by Crippen LogP contribution is -2.20. The Balaban J connectivity index is 2.02. The lowest BCUT2D eigenvalue weighted by Gasteiger charge is -2.10. The molecule has 20 heavy (non-hydrogen) atoms. The molecule has 2 rings (SSSR count). The van der Waals surface area contributed by atoms with Crippen molar-refractivity contribution in [3.63, 3.8) is 0 Å². The van der Waals surface area contributed by atoms with Crippen molar-refractivity contribution in [1.82, 2.24) is 9.71 Å². The summed E-state index contributed by atoms with van der Waals surface area (Å²) >= 11 is 1.61. The van der Waals surface area contributed by atoms with Gasteiger partial charge in [0.25, 0.3) is 0 Å². The Morgan fingerprint density at radius 3 is 2.80 bits per heavy atom. The monoisotopic (exact) mass is 312 g/mol. The fourth-order valence-corrected chi connectivity index (χ4v) is 3.16. The topological polar surface area (TPSA) is 97.1 Å². The molecule has 0 radical (unpaired) electrons. The Morgan fingerprint density at radius 1 is 1.40 bits per heavy atom. The number of rotatable bonds is 6. The summed E-state index contributed by atoms with van der Waals surface area (Å²) < 4.78 is 25.6. The molecule has 8 heteroatoms. The molecule has 6 nitrogen and oxygen atoms in total. The number of thiazole rings is 1. The Bertz CT molecular complexity index is 669. The molecule has 2 aromatic rings. The molecule has 0 aliphatic heterocycles. The van der Waals surface area contributed by atoms with E-state index in [0.29, 0.717) is 6.54 Å². The number of nitrogens with one attached hydrogen (secondary N) is 2. The van der Waals surface area contributed by atoms with E-state index in [1.807, 2.05) is 5.38 Å². The first kappa shape index (κ1) is 14.8. The van der Waals surface area contributed by atoms with Crippen molar-refractivity contribution in [2.45, 2.75) is 11.3 Å². The zero-order valence-corrected chi connectivity index (χ0v) is 12.6. The minimum atomic E-state index is -3.51. The Hall–Kier alpha value is -1.64. The Labute approximate surface area is 122 Å². The molecule has 0 aliphatic rings. The number of hydrogen-bond acceptors (Lipinski definition) is 6. The summed E-state index contributed by atoms with van der Waals surface area (Å²) in [6.07, 6.45) is 2.59. The maximum atomic E-state index is 11.7. The predicted octanol–water partition coefficient (Wildman–Crippen LogP) is 1.29. The lowest BCUT2D eigenvalue weighted by molar-refractivity contribution is 0.588. The number of hydrogen-bond donors (Lipinski definition) is 3. The molecular formula is C12H16N4O2S2. The first-order valence-corrected chi connectivity index (χ1v) is 8.34. The van der Waals surface area contributed by atoms with E-state index in [9.17, 15) is 8.42 Å². The molecule has 0 saturated carbocycles. The molecule has 1 aromatic carbocycles. The van der Waals surface area contributed by atoms with Gasteiger partial charge in [-0.3, -0.25) is 0 Å². The number of aromatic nitrogens is 1. The van der Waals surface area contributed by atoms with E-state index in [1.54, 1.807) is 29.7 Å². The van der Waals surface area contributed by atoms with Crippen molar-refractivity contribution in [3.8, 4) is 0 Å². The Morgan fingerprint density at radius 2 is 2.20 bits per heavy atom. The van der Waals surface area contributed by atoms with Crippen LogP contribution in [0.2, 0.25) is 0 Å². The van der Waals surface area contributed by atoms with E-state index in [0.717, 1.165) is 17.1 Å². The molecule has 0 amide bonds. The third kappa shape index (κ3) is 3.47. The minimum Gasteiger partial charge on any atom is -0.398 e. The third-order valence-corrected chi connectivity index (χ3v) is 5.05. The summed E-state index contributed by atoms with van der Waals surface area (Å²) in [5.41, 5.74) is 6.79. The van der Waals surface area contributed by atoms with Gasteiger partial charge in [-0.05, 0) is 25.2 Å². The van der Waals surface area contributed by atoms with Gasteiger partial charge in [0.2, 0.25) is 10.0 Å². The molecule has 108 valence electrons. The van der Waals surface area contributed by atoms with Crippen LogP contribution >= 0.6 is 11.3 Å². The average molecular weight is 312 g/mol. The largest absolute Gasteiger partial charge is 0.398 e. The highest BCUT2D eigenvalue weighted by molar-refractivity contribution is 7.89. The van der Waals surface area contributed by atoms with Crippen LogP contribution in [0, 0.1) is 0 Å². The van der Waals surface area contributed by atoms with Gasteiger partial charge in [-0.15, -0.1) is 11.3 Å². The SMILES string of the molecule is CNS(=O)(=O)c1ccc(NCCc2nccs2)cc1N. The first-order chi connectivity index (χ1) is 9.53. The van der Waals surface area contributed by atoms with Gasteiger partial charge in [-0.2, -0.15) is 0 Å². The summed E-state index contributed by atoms with van der Waals surface area (Å²) in [5.74, 6) is 0. The van der Waals surface area contributed by atoms with Crippen LogP contribution in [-0.2, 0) is 16.4 Å². The van der Waals surface area contributed by atoms with Gasteiger partial charge in [-0.1, -0.05) is 0 Å². The van der Waals surface area contributed by atoms with E-state index in [4.69, 9.17) is 5.73 Å². The molecule has 0 saturated heterocycles. The molecule has 0 unspecified atom stereocenters. The molecule has 0 bridgehead atoms. The van der Waals surface area contributed by atoms with Crippen LogP contribution in [0.1, 0.15) is 5.01 Å². The highest BCUT2D eigenvalue weighted by Crippen LogP contribution is 2.22. The lowest BCUT2D eigenvalue weighted by atomic mass is 10.2. The van der Waals surface area contributed by atoms with E-state index in [2.05, 4.69) is 15.0 Å². The van der Waals surface area contributed by atoms with E-state index >= 15 is 0 Å². The average Bonchev–Trinajstić information content (AvgIpc) is 2.92. The first-order valence-electron chi connectivity index (χ1n) is 5.98. The van der Waals surface area contributed by atoms with Gasteiger partial charge >= 0.3 is 0 Å². The van der Waals surface area contributed by atoms with Crippen LogP contribution in [0.5, 0.6) is 0 Å². The fourth-order valence-electron chi connectivity index (χ4n) is 1.70. The zero-order chi connectivity index (χ0) is 14.6. The van der Waals surface area contributed by atoms with Crippen LogP contribution in [0.15, 0.2) is 34.7 Å². The second-order valence-electron chi connectivity index (χ2n) is 4.06. The standard InChI is InChI=1S/C12H16N4O2S2/c1-14-20(17,18)11-3-2-9(8-10(11)13)15-5-4-12-16-6-7-19-12/h2-3,6-8,14-15H,4-5,13H2,1H3. The normalized spacial score (nSPS) is 11.4. The smallest absolute Gasteiger partial charge is 0.242 e. The number of sulfonamides is 1. The third-order valence-electron chi connectivity index (χ3n) is 2.72. The molecule has 1 heterocycles. The van der Waals surface area contributed by atoms with Crippen LogP contribution in [0.25, 0.3) is 0 Å². The maximum Gasteiger partial charge on any atom is 0.242 e. The van der Waals surface area contributed by atoms with Crippen molar-refractivity contribution in [2.24, 2.45) is 0 Å². The minimum absolute atomic E-state index is 0.0884. The highest BCUT2D eigenvalue weighted by atomic mass is 32.2. The summed E-state index contributed by atoms with van der Waals surface area (Å²) in [6, 6.07) is 4.81. The van der Waals surface area contributed by atoms with Gasteiger partial charge in [0.15, 0.2) is 0 Å². The maximum absolute atomic E-state index is 11.7. The summed E-state index contributed by atoms with van der Waals surface area (Å²) in [4.78, 5) is 4.28. The molecule has 0 fully saturated rings. The molecule has 0 spiro atoms. The van der Waals surface area contributed by atoms with Crippen LogP contribution in [0.3, 0.4) is 0 Å². The number of nitrogens with zero attached hydrogens (tertiary/aromatic N) is 1. The van der Waals surface area contributed by atoms with Crippen molar-refractivity contribution >= 4 is 32.7 Å². The van der Waals surface area contributed by atoms with Crippen molar-refractivity contribution < 1.29 is 8.42 Å². The molecular weight excluding hydrogens is 296 g/mol. The van der Waals surface area contributed by atoms with E-state index in [-0.39, 0.29) is 10.6 Å². The second kappa shape index (κ2) is 6.21. The van der Waals surface area contributed by atoms with Gasteiger partial charge < -0.3 is 11.1 Å². The predicted molar refractivity (Wildman–Crippen MR) is 81.4 cm³/mol. The van der Waals surface area contributed by atoms with Gasteiger partial charge in [0.05, 0.1) is 10.7 Å². The summed E-state index contributed by atoms with van der Waals surface area (Å²) in [7, 11) is -2.16. The number of nitrogens with two attached hydrogens (primary N) is 1. The fraction of sp³-hybridized carbons (Fsp3) is 0.250.